The van der Waals surface area contributed by atoms with Gasteiger partial charge in [0.1, 0.15) is 8.07 Å². The Bertz CT molecular complexity index is 322. The normalized spacial score (nSPS) is 17.4. The largest absolute Gasteiger partial charge is 0.388 e. The fraction of sp³-hybridized carbons (Fsp3) is 0.941. The second-order valence-electron chi connectivity index (χ2n) is 7.54. The van der Waals surface area contributed by atoms with E-state index in [4.69, 9.17) is 4.99 Å². The maximum absolute atomic E-state index is 11.6. The van der Waals surface area contributed by atoms with Crippen molar-refractivity contribution in [1.29, 1.82) is 0 Å². The first kappa shape index (κ1) is 19.8. The SMILES string of the molecule is CC[Si](C(C)C)(C(C)C)C(C)(O)C(=NC(C)C)C(C)C. The van der Waals surface area contributed by atoms with Crippen LogP contribution >= 0.6 is 0 Å². The van der Waals surface area contributed by atoms with Crippen molar-refractivity contribution in [2.24, 2.45) is 10.9 Å². The lowest BCUT2D eigenvalue weighted by Crippen LogP contribution is -2.65. The lowest BCUT2D eigenvalue weighted by Gasteiger charge is -2.50. The first-order chi connectivity index (χ1) is 8.95. The minimum absolute atomic E-state index is 0.238. The standard InChI is InChI=1S/C17H37NOSi/c1-11-20(14(6)7,15(8)9)17(10,19)16(12(2)3)18-13(4)5/h12-15,19H,11H2,1-10H3. The Balaban J connectivity index is 6.09. The molecule has 0 saturated carbocycles. The first-order valence-corrected chi connectivity index (χ1v) is 10.6. The third-order valence-corrected chi connectivity index (χ3v) is 12.4. The molecule has 0 heterocycles. The van der Waals surface area contributed by atoms with E-state index >= 15 is 0 Å². The van der Waals surface area contributed by atoms with Gasteiger partial charge in [0.2, 0.25) is 0 Å². The topological polar surface area (TPSA) is 32.6 Å². The summed E-state index contributed by atoms with van der Waals surface area (Å²) in [5, 5.41) is 10.8. The molecule has 0 spiro atoms. The Morgan fingerprint density at radius 1 is 1.00 bits per heavy atom. The van der Waals surface area contributed by atoms with Gasteiger partial charge in [-0.1, -0.05) is 54.5 Å². The zero-order valence-corrected chi connectivity index (χ0v) is 16.4. The number of nitrogens with zero attached hydrogens (tertiary/aromatic N) is 1. The van der Waals surface area contributed by atoms with Crippen LogP contribution in [0.3, 0.4) is 0 Å². The lowest BCUT2D eigenvalue weighted by molar-refractivity contribution is 0.193. The maximum Gasteiger partial charge on any atom is 0.103 e. The van der Waals surface area contributed by atoms with Crippen LogP contribution in [-0.2, 0) is 0 Å². The molecule has 3 heteroatoms. The highest BCUT2D eigenvalue weighted by atomic mass is 28.3. The van der Waals surface area contributed by atoms with Crippen molar-refractivity contribution in [1.82, 2.24) is 0 Å². The van der Waals surface area contributed by atoms with Crippen LogP contribution in [0.1, 0.15) is 69.2 Å². The molecule has 0 aromatic rings. The number of hydrogen-bond donors (Lipinski definition) is 1. The molecule has 0 aromatic carbocycles. The van der Waals surface area contributed by atoms with Gasteiger partial charge in [0.15, 0.2) is 0 Å². The van der Waals surface area contributed by atoms with Gasteiger partial charge in [-0.3, -0.25) is 4.99 Å². The zero-order valence-electron chi connectivity index (χ0n) is 15.4. The minimum Gasteiger partial charge on any atom is -0.388 e. The molecule has 120 valence electrons. The maximum atomic E-state index is 11.6. The van der Waals surface area contributed by atoms with E-state index in [-0.39, 0.29) is 6.04 Å². The van der Waals surface area contributed by atoms with Crippen molar-refractivity contribution in [3.8, 4) is 0 Å². The predicted molar refractivity (Wildman–Crippen MR) is 94.5 cm³/mol. The molecule has 0 aromatic heterocycles. The van der Waals surface area contributed by atoms with Gasteiger partial charge in [0.25, 0.3) is 0 Å². The summed E-state index contributed by atoms with van der Waals surface area (Å²) in [5.41, 5.74) is 2.10. The van der Waals surface area contributed by atoms with Crippen LogP contribution in [0.5, 0.6) is 0 Å². The van der Waals surface area contributed by atoms with Gasteiger partial charge >= 0.3 is 0 Å². The van der Waals surface area contributed by atoms with Gasteiger partial charge in [0, 0.05) is 11.8 Å². The molecule has 0 amide bonds. The van der Waals surface area contributed by atoms with Gasteiger partial charge in [-0.05, 0) is 37.8 Å². The molecular weight excluding hydrogens is 262 g/mol. The third-order valence-electron chi connectivity index (χ3n) is 4.99. The molecule has 1 N–H and O–H groups in total. The Kier molecular flexibility index (Phi) is 7.16. The van der Waals surface area contributed by atoms with Crippen LogP contribution in [0.15, 0.2) is 4.99 Å². The Morgan fingerprint density at radius 3 is 1.60 bits per heavy atom. The summed E-state index contributed by atoms with van der Waals surface area (Å²) in [4.78, 5) is 4.83. The van der Waals surface area contributed by atoms with Gasteiger partial charge in [0.05, 0.1) is 5.22 Å². The van der Waals surface area contributed by atoms with E-state index < -0.39 is 13.3 Å². The van der Waals surface area contributed by atoms with E-state index in [1.807, 2.05) is 6.92 Å². The molecule has 0 aliphatic carbocycles. The summed E-state index contributed by atoms with van der Waals surface area (Å²) >= 11 is 0. The molecular formula is C17H37NOSi. The molecule has 2 nitrogen and oxygen atoms in total. The molecule has 0 rings (SSSR count). The second kappa shape index (κ2) is 7.21. The van der Waals surface area contributed by atoms with E-state index in [1.54, 1.807) is 0 Å². The van der Waals surface area contributed by atoms with Crippen LogP contribution in [0.25, 0.3) is 0 Å². The number of aliphatic imine (C=N–C) groups is 1. The second-order valence-corrected chi connectivity index (χ2v) is 13.6. The third kappa shape index (κ3) is 3.54. The average molecular weight is 300 g/mol. The van der Waals surface area contributed by atoms with Crippen molar-refractivity contribution in [2.45, 2.75) is 97.6 Å². The van der Waals surface area contributed by atoms with Gasteiger partial charge in [-0.15, -0.1) is 0 Å². The van der Waals surface area contributed by atoms with Crippen molar-refractivity contribution in [2.75, 3.05) is 0 Å². The fourth-order valence-electron chi connectivity index (χ4n) is 4.31. The van der Waals surface area contributed by atoms with Crippen molar-refractivity contribution >= 4 is 13.8 Å². The van der Waals surface area contributed by atoms with Crippen molar-refractivity contribution in [3.63, 3.8) is 0 Å². The molecule has 0 fully saturated rings. The number of aliphatic hydroxyl groups is 1. The minimum atomic E-state index is -1.92. The summed E-state index contributed by atoms with van der Waals surface area (Å²) in [5.74, 6) is 0.295. The highest BCUT2D eigenvalue weighted by Gasteiger charge is 2.55. The summed E-state index contributed by atoms with van der Waals surface area (Å²) in [6.45, 7) is 22.0. The monoisotopic (exact) mass is 299 g/mol. The molecule has 0 saturated heterocycles. The molecule has 1 unspecified atom stereocenters. The Morgan fingerprint density at radius 2 is 1.40 bits per heavy atom. The summed E-state index contributed by atoms with van der Waals surface area (Å²) < 4.78 is 0. The highest BCUT2D eigenvalue weighted by molar-refractivity contribution is 6.87. The molecule has 20 heavy (non-hydrogen) atoms. The van der Waals surface area contributed by atoms with E-state index in [9.17, 15) is 5.11 Å². The van der Waals surface area contributed by atoms with E-state index in [0.29, 0.717) is 17.0 Å². The van der Waals surface area contributed by atoms with Crippen LogP contribution in [0, 0.1) is 5.92 Å². The van der Waals surface area contributed by atoms with Crippen LogP contribution in [0.2, 0.25) is 17.1 Å². The Labute approximate surface area is 128 Å². The average Bonchev–Trinajstić information content (AvgIpc) is 2.25. The fourth-order valence-corrected chi connectivity index (χ4v) is 11.0. The van der Waals surface area contributed by atoms with Crippen molar-refractivity contribution in [3.05, 3.63) is 0 Å². The lowest BCUT2D eigenvalue weighted by atomic mass is 10.0. The molecule has 0 aliphatic rings. The highest BCUT2D eigenvalue weighted by Crippen LogP contribution is 2.45. The van der Waals surface area contributed by atoms with Gasteiger partial charge in [-0.25, -0.2) is 0 Å². The summed E-state index contributed by atoms with van der Waals surface area (Å²) in [7, 11) is -1.92. The van der Waals surface area contributed by atoms with Crippen LogP contribution in [-0.4, -0.2) is 30.2 Å². The first-order valence-electron chi connectivity index (χ1n) is 8.25. The Hall–Kier alpha value is -0.153. The van der Waals surface area contributed by atoms with E-state index in [2.05, 4.69) is 62.3 Å². The quantitative estimate of drug-likeness (QED) is 0.516. The molecule has 1 atom stereocenters. The molecule has 0 aliphatic heterocycles. The van der Waals surface area contributed by atoms with Gasteiger partial charge in [-0.2, -0.15) is 0 Å². The van der Waals surface area contributed by atoms with Crippen LogP contribution in [0.4, 0.5) is 0 Å². The predicted octanol–water partition coefficient (Wildman–Crippen LogP) is 5.07. The smallest absolute Gasteiger partial charge is 0.103 e. The summed E-state index contributed by atoms with van der Waals surface area (Å²) in [6, 6.07) is 1.33. The van der Waals surface area contributed by atoms with Gasteiger partial charge < -0.3 is 5.11 Å². The molecule has 0 bridgehead atoms. The zero-order chi connectivity index (χ0) is 16.3. The van der Waals surface area contributed by atoms with E-state index in [1.165, 1.54) is 0 Å². The van der Waals surface area contributed by atoms with Crippen molar-refractivity contribution < 1.29 is 5.11 Å². The summed E-state index contributed by atoms with van der Waals surface area (Å²) in [6.07, 6.45) is 0. The van der Waals surface area contributed by atoms with Crippen LogP contribution < -0.4 is 0 Å². The number of hydrogen-bond acceptors (Lipinski definition) is 2. The number of rotatable bonds is 7. The molecule has 0 radical (unpaired) electrons. The van der Waals surface area contributed by atoms with E-state index in [0.717, 1.165) is 11.8 Å².